The third kappa shape index (κ3) is 3.37. The molecule has 0 spiro atoms. The minimum absolute atomic E-state index is 0.0858. The molecule has 0 aromatic rings. The van der Waals surface area contributed by atoms with E-state index in [4.69, 9.17) is 15.9 Å². The van der Waals surface area contributed by atoms with Gasteiger partial charge in [0.2, 0.25) is 0 Å². The summed E-state index contributed by atoms with van der Waals surface area (Å²) >= 11 is 0. The Balaban J connectivity index is 2.68. The monoisotopic (exact) mass is 228 g/mol. The van der Waals surface area contributed by atoms with Crippen LogP contribution >= 0.6 is 0 Å². The molecule has 1 aliphatic heterocycles. The maximum atomic E-state index is 11.9. The third-order valence-electron chi connectivity index (χ3n) is 2.23. The predicted octanol–water partition coefficient (Wildman–Crippen LogP) is -0.505. The Bertz CT molecular complexity index is 285. The fourth-order valence-corrected chi connectivity index (χ4v) is 1.57. The molecule has 6 heteroatoms. The number of nitrogens with two attached hydrogens (primary N) is 1. The average molecular weight is 228 g/mol. The smallest absolute Gasteiger partial charge is 0.330 e. The molecule has 0 aromatic heterocycles. The molecular weight excluding hydrogens is 208 g/mol. The molecule has 1 unspecified atom stereocenters. The Morgan fingerprint density at radius 2 is 2.19 bits per heavy atom. The highest BCUT2D eigenvalue weighted by atomic mass is 16.6. The van der Waals surface area contributed by atoms with Crippen LogP contribution < -0.4 is 11.1 Å². The summed E-state index contributed by atoms with van der Waals surface area (Å²) in [4.78, 5) is 13.4. The molecule has 0 radical (unpaired) electrons. The third-order valence-corrected chi connectivity index (χ3v) is 2.23. The lowest BCUT2D eigenvalue weighted by Crippen LogP contribution is -2.59. The predicted molar refractivity (Wildman–Crippen MR) is 61.1 cm³/mol. The van der Waals surface area contributed by atoms with Gasteiger partial charge in [0.1, 0.15) is 11.6 Å². The van der Waals surface area contributed by atoms with Crippen LogP contribution in [0.3, 0.4) is 0 Å². The minimum Gasteiger partial charge on any atom is -0.458 e. The summed E-state index contributed by atoms with van der Waals surface area (Å²) in [5.41, 5.74) is 4.92. The molecule has 6 nitrogen and oxygen atoms in total. The van der Waals surface area contributed by atoms with Crippen molar-refractivity contribution in [1.29, 1.82) is 5.41 Å². The molecular formula is C10H20N4O2. The van der Waals surface area contributed by atoms with Crippen LogP contribution in [0.15, 0.2) is 0 Å². The molecule has 0 bridgehead atoms. The largest absolute Gasteiger partial charge is 0.458 e. The Labute approximate surface area is 95.6 Å². The van der Waals surface area contributed by atoms with Crippen molar-refractivity contribution in [2.75, 3.05) is 19.6 Å². The van der Waals surface area contributed by atoms with Gasteiger partial charge in [0, 0.05) is 19.6 Å². The lowest BCUT2D eigenvalue weighted by atomic mass is 10.1. The van der Waals surface area contributed by atoms with E-state index in [0.717, 1.165) is 6.54 Å². The van der Waals surface area contributed by atoms with Crippen LogP contribution in [0, 0.1) is 5.41 Å². The van der Waals surface area contributed by atoms with Crippen LogP contribution in [0.2, 0.25) is 0 Å². The molecule has 1 saturated heterocycles. The maximum absolute atomic E-state index is 11.9. The van der Waals surface area contributed by atoms with Crippen molar-refractivity contribution in [1.82, 2.24) is 10.2 Å². The quantitative estimate of drug-likeness (QED) is 0.319. The molecule has 1 atom stereocenters. The summed E-state index contributed by atoms with van der Waals surface area (Å²) < 4.78 is 5.28. The summed E-state index contributed by atoms with van der Waals surface area (Å²) in [6.45, 7) is 7.20. The Hall–Kier alpha value is -1.30. The number of carbonyl (C=O) groups is 1. The summed E-state index contributed by atoms with van der Waals surface area (Å²) in [5.74, 6) is -0.424. The zero-order chi connectivity index (χ0) is 12.3. The number of hydrogen-bond acceptors (Lipinski definition) is 4. The first-order valence-electron chi connectivity index (χ1n) is 5.35. The van der Waals surface area contributed by atoms with Gasteiger partial charge in [-0.3, -0.25) is 5.41 Å². The molecule has 1 rings (SSSR count). The van der Waals surface area contributed by atoms with Gasteiger partial charge in [-0.15, -0.1) is 0 Å². The zero-order valence-electron chi connectivity index (χ0n) is 10.0. The van der Waals surface area contributed by atoms with Gasteiger partial charge in [0.15, 0.2) is 5.96 Å². The fraction of sp³-hybridized carbons (Fsp3) is 0.800. The summed E-state index contributed by atoms with van der Waals surface area (Å²) in [5, 5.41) is 10.5. The maximum Gasteiger partial charge on any atom is 0.330 e. The first-order valence-corrected chi connectivity index (χ1v) is 5.35. The second-order valence-electron chi connectivity index (χ2n) is 4.83. The molecule has 4 N–H and O–H groups in total. The van der Waals surface area contributed by atoms with Gasteiger partial charge >= 0.3 is 5.97 Å². The topological polar surface area (TPSA) is 91.4 Å². The second-order valence-corrected chi connectivity index (χ2v) is 4.83. The van der Waals surface area contributed by atoms with Crippen LogP contribution in [0.4, 0.5) is 0 Å². The van der Waals surface area contributed by atoms with Gasteiger partial charge in [-0.1, -0.05) is 0 Å². The number of piperazine rings is 1. The molecule has 1 aliphatic rings. The molecule has 0 aliphatic carbocycles. The van der Waals surface area contributed by atoms with Crippen LogP contribution in [0.1, 0.15) is 20.8 Å². The van der Waals surface area contributed by atoms with Crippen molar-refractivity contribution in [3.8, 4) is 0 Å². The van der Waals surface area contributed by atoms with Crippen molar-refractivity contribution in [2.24, 2.45) is 5.73 Å². The van der Waals surface area contributed by atoms with E-state index in [1.165, 1.54) is 0 Å². The van der Waals surface area contributed by atoms with E-state index in [1.807, 2.05) is 20.8 Å². The number of ether oxygens (including phenoxy) is 1. The van der Waals surface area contributed by atoms with Gasteiger partial charge in [-0.25, -0.2) is 4.79 Å². The van der Waals surface area contributed by atoms with Gasteiger partial charge < -0.3 is 20.7 Å². The van der Waals surface area contributed by atoms with E-state index in [2.05, 4.69) is 5.32 Å². The minimum atomic E-state index is -0.517. The first-order chi connectivity index (χ1) is 7.31. The highest BCUT2D eigenvalue weighted by Gasteiger charge is 2.32. The van der Waals surface area contributed by atoms with Crippen molar-refractivity contribution in [2.45, 2.75) is 32.4 Å². The van der Waals surface area contributed by atoms with Crippen LogP contribution in [-0.4, -0.2) is 48.1 Å². The van der Waals surface area contributed by atoms with Gasteiger partial charge in [-0.2, -0.15) is 0 Å². The number of hydrogen-bond donors (Lipinski definition) is 3. The summed E-state index contributed by atoms with van der Waals surface area (Å²) in [6, 6.07) is -0.495. The Kier molecular flexibility index (Phi) is 3.74. The summed E-state index contributed by atoms with van der Waals surface area (Å²) in [6.07, 6.45) is 0. The standard InChI is InChI=1S/C10H20N4O2/c1-10(2,3)16-8(15)7-6-13-4-5-14(7)9(11)12/h7,13H,4-6H2,1-3H3,(H3,11,12). The zero-order valence-corrected chi connectivity index (χ0v) is 10.0. The van der Waals surface area contributed by atoms with Crippen molar-refractivity contribution >= 4 is 11.9 Å². The number of esters is 1. The molecule has 16 heavy (non-hydrogen) atoms. The molecule has 92 valence electrons. The highest BCUT2D eigenvalue weighted by Crippen LogP contribution is 2.12. The Morgan fingerprint density at radius 3 is 2.69 bits per heavy atom. The second kappa shape index (κ2) is 4.69. The Morgan fingerprint density at radius 1 is 1.56 bits per heavy atom. The van der Waals surface area contributed by atoms with Crippen molar-refractivity contribution in [3.05, 3.63) is 0 Å². The molecule has 0 aromatic carbocycles. The number of carbonyl (C=O) groups excluding carboxylic acids is 1. The van der Waals surface area contributed by atoms with Gasteiger partial charge in [0.05, 0.1) is 0 Å². The molecule has 0 amide bonds. The first kappa shape index (κ1) is 12.8. The van der Waals surface area contributed by atoms with Crippen LogP contribution in [0.25, 0.3) is 0 Å². The van der Waals surface area contributed by atoms with Crippen LogP contribution in [-0.2, 0) is 9.53 Å². The van der Waals surface area contributed by atoms with Crippen molar-refractivity contribution in [3.63, 3.8) is 0 Å². The fourth-order valence-electron chi connectivity index (χ4n) is 1.57. The average Bonchev–Trinajstić information content (AvgIpc) is 2.15. The molecule has 1 heterocycles. The van der Waals surface area contributed by atoms with Crippen LogP contribution in [0.5, 0.6) is 0 Å². The number of rotatable bonds is 1. The van der Waals surface area contributed by atoms with Gasteiger partial charge in [-0.05, 0) is 20.8 Å². The molecule has 1 fully saturated rings. The van der Waals surface area contributed by atoms with Gasteiger partial charge in [0.25, 0.3) is 0 Å². The lowest BCUT2D eigenvalue weighted by molar-refractivity contribution is -0.160. The van der Waals surface area contributed by atoms with E-state index in [1.54, 1.807) is 4.90 Å². The molecule has 0 saturated carbocycles. The normalized spacial score (nSPS) is 21.7. The van der Waals surface area contributed by atoms with E-state index in [9.17, 15) is 4.79 Å². The number of nitrogens with one attached hydrogen (secondary N) is 2. The SMILES string of the molecule is CC(C)(C)OC(=O)C1CNCCN1C(=N)N. The van der Waals surface area contributed by atoms with Crippen molar-refractivity contribution < 1.29 is 9.53 Å². The summed E-state index contributed by atoms with van der Waals surface area (Å²) in [7, 11) is 0. The van der Waals surface area contributed by atoms with E-state index in [-0.39, 0.29) is 11.9 Å². The van der Waals surface area contributed by atoms with E-state index in [0.29, 0.717) is 13.1 Å². The number of nitrogens with zero attached hydrogens (tertiary/aromatic N) is 1. The van der Waals surface area contributed by atoms with E-state index < -0.39 is 11.6 Å². The van der Waals surface area contributed by atoms with E-state index >= 15 is 0 Å². The lowest BCUT2D eigenvalue weighted by Gasteiger charge is -2.36. The number of guanidine groups is 1. The highest BCUT2D eigenvalue weighted by molar-refractivity contribution is 5.84.